The number of aromatic nitrogens is 2. The summed E-state index contributed by atoms with van der Waals surface area (Å²) in [5.74, 6) is 0.175. The Kier molecular flexibility index (Phi) is 4.53. The van der Waals surface area contributed by atoms with Crippen LogP contribution in [0.3, 0.4) is 0 Å². The van der Waals surface area contributed by atoms with Crippen molar-refractivity contribution in [1.29, 1.82) is 0 Å². The highest BCUT2D eigenvalue weighted by Gasteiger charge is 2.45. The first-order chi connectivity index (χ1) is 12.6. The molecule has 0 radical (unpaired) electrons. The van der Waals surface area contributed by atoms with Crippen LogP contribution in [0.1, 0.15) is 36.3 Å². The Balaban J connectivity index is 1.42. The Bertz CT molecular complexity index is 781. The summed E-state index contributed by atoms with van der Waals surface area (Å²) in [6.07, 6.45) is 6.36. The maximum absolute atomic E-state index is 13.3. The Morgan fingerprint density at radius 2 is 2.08 bits per heavy atom. The largest absolute Gasteiger partial charge is 0.381 e. The molecule has 1 saturated carbocycles. The first-order valence-electron chi connectivity index (χ1n) is 9.17. The van der Waals surface area contributed by atoms with Gasteiger partial charge in [0.1, 0.15) is 5.82 Å². The van der Waals surface area contributed by atoms with Gasteiger partial charge in [0.05, 0.1) is 6.20 Å². The second kappa shape index (κ2) is 6.83. The molecule has 2 aromatic rings. The molecule has 26 heavy (non-hydrogen) atoms. The predicted molar refractivity (Wildman–Crippen MR) is 95.2 cm³/mol. The van der Waals surface area contributed by atoms with Gasteiger partial charge < -0.3 is 10.1 Å². The number of nitrogens with one attached hydrogen (secondary N) is 1. The van der Waals surface area contributed by atoms with Crippen molar-refractivity contribution in [3.63, 3.8) is 0 Å². The number of carbonyl (C=O) groups is 1. The summed E-state index contributed by atoms with van der Waals surface area (Å²) in [5, 5.41) is 7.35. The number of nitrogens with zero attached hydrogens (tertiary/aromatic N) is 2. The molecule has 2 heterocycles. The average molecular weight is 357 g/mol. The third-order valence-corrected chi connectivity index (χ3v) is 5.79. The minimum Gasteiger partial charge on any atom is -0.381 e. The molecule has 138 valence electrons. The monoisotopic (exact) mass is 357 g/mol. The van der Waals surface area contributed by atoms with Gasteiger partial charge in [0.15, 0.2) is 0 Å². The highest BCUT2D eigenvalue weighted by Crippen LogP contribution is 2.47. The number of aryl methyl sites for hydroxylation is 1. The van der Waals surface area contributed by atoms with Crippen LogP contribution in [0.25, 0.3) is 0 Å². The minimum atomic E-state index is -0.239. The molecule has 4 rings (SSSR count). The van der Waals surface area contributed by atoms with Gasteiger partial charge in [-0.15, -0.1) is 0 Å². The third kappa shape index (κ3) is 3.38. The van der Waals surface area contributed by atoms with E-state index in [0.29, 0.717) is 19.8 Å². The van der Waals surface area contributed by atoms with Gasteiger partial charge in [-0.1, -0.05) is 12.1 Å². The number of hydrogen-bond donors (Lipinski definition) is 1. The van der Waals surface area contributed by atoms with Crippen molar-refractivity contribution in [2.45, 2.75) is 30.6 Å². The van der Waals surface area contributed by atoms with Crippen molar-refractivity contribution in [1.82, 2.24) is 15.1 Å². The van der Waals surface area contributed by atoms with Crippen LogP contribution < -0.4 is 5.32 Å². The zero-order chi connectivity index (χ0) is 18.1. The number of ether oxygens (including phenoxy) is 1. The van der Waals surface area contributed by atoms with Crippen LogP contribution >= 0.6 is 0 Å². The summed E-state index contributed by atoms with van der Waals surface area (Å²) in [6.45, 7) is 1.89. The first-order valence-corrected chi connectivity index (χ1v) is 9.17. The van der Waals surface area contributed by atoms with Gasteiger partial charge in [-0.3, -0.25) is 9.48 Å². The second-order valence-electron chi connectivity index (χ2n) is 7.51. The predicted octanol–water partition coefficient (Wildman–Crippen LogP) is 2.53. The molecule has 0 bridgehead atoms. The van der Waals surface area contributed by atoms with E-state index in [2.05, 4.69) is 10.4 Å². The van der Waals surface area contributed by atoms with E-state index < -0.39 is 0 Å². The van der Waals surface area contributed by atoms with Gasteiger partial charge in [0.25, 0.3) is 0 Å². The molecule has 6 heteroatoms. The third-order valence-electron chi connectivity index (χ3n) is 5.79. The first kappa shape index (κ1) is 17.2. The summed E-state index contributed by atoms with van der Waals surface area (Å²) in [6, 6.07) is 6.66. The molecule has 2 fully saturated rings. The fraction of sp³-hybridized carbons (Fsp3) is 0.500. The minimum absolute atomic E-state index is 0.0318. The van der Waals surface area contributed by atoms with Crippen LogP contribution in [0.5, 0.6) is 0 Å². The lowest BCUT2D eigenvalue weighted by atomic mass is 9.74. The fourth-order valence-corrected chi connectivity index (χ4v) is 4.01. The molecule has 1 amide bonds. The molecule has 5 nitrogen and oxygen atoms in total. The number of halogens is 1. The van der Waals surface area contributed by atoms with Gasteiger partial charge in [-0.05, 0) is 48.4 Å². The lowest BCUT2D eigenvalue weighted by molar-refractivity contribution is -0.122. The Morgan fingerprint density at radius 1 is 1.35 bits per heavy atom. The zero-order valence-electron chi connectivity index (χ0n) is 15.0. The summed E-state index contributed by atoms with van der Waals surface area (Å²) in [7, 11) is 1.89. The maximum Gasteiger partial charge on any atom is 0.223 e. The molecule has 1 aliphatic carbocycles. The topological polar surface area (TPSA) is 56.2 Å². The van der Waals surface area contributed by atoms with E-state index in [1.165, 1.54) is 12.1 Å². The number of carbonyl (C=O) groups excluding carboxylic acids is 1. The zero-order valence-corrected chi connectivity index (χ0v) is 15.0. The van der Waals surface area contributed by atoms with E-state index in [1.54, 1.807) is 4.68 Å². The smallest absolute Gasteiger partial charge is 0.223 e. The van der Waals surface area contributed by atoms with Crippen molar-refractivity contribution in [2.24, 2.45) is 13.0 Å². The number of hydrogen-bond acceptors (Lipinski definition) is 3. The number of rotatable bonds is 5. The van der Waals surface area contributed by atoms with Crippen molar-refractivity contribution in [3.05, 3.63) is 53.6 Å². The normalized spacial score (nSPS) is 24.2. The molecule has 1 N–H and O–H groups in total. The van der Waals surface area contributed by atoms with E-state index in [-0.39, 0.29) is 29.0 Å². The molecule has 1 saturated heterocycles. The van der Waals surface area contributed by atoms with Crippen LogP contribution in [-0.2, 0) is 22.0 Å². The molecule has 1 aliphatic heterocycles. The SMILES string of the molecule is Cn1cc(C2CC2C(=O)NCC2(c3ccc(F)cc3)CCOCC2)cn1. The van der Waals surface area contributed by atoms with Crippen molar-refractivity contribution in [2.75, 3.05) is 19.8 Å². The quantitative estimate of drug-likeness (QED) is 0.895. The maximum atomic E-state index is 13.3. The second-order valence-corrected chi connectivity index (χ2v) is 7.51. The highest BCUT2D eigenvalue weighted by molar-refractivity contribution is 5.83. The lowest BCUT2D eigenvalue weighted by Gasteiger charge is -2.38. The summed E-state index contributed by atoms with van der Waals surface area (Å²) < 4.78 is 20.6. The summed E-state index contributed by atoms with van der Waals surface area (Å²) in [5.41, 5.74) is 2.02. The Hall–Kier alpha value is -2.21. The standard InChI is InChI=1S/C20H24FN3O2/c1-24-12-14(11-23-24)17-10-18(17)19(25)22-13-20(6-8-26-9-7-20)15-2-4-16(21)5-3-15/h2-5,11-12,17-18H,6-10,13H2,1H3,(H,22,25). The van der Waals surface area contributed by atoms with Crippen molar-refractivity contribution >= 4 is 5.91 Å². The van der Waals surface area contributed by atoms with Crippen LogP contribution in [-0.4, -0.2) is 35.4 Å². The molecule has 2 unspecified atom stereocenters. The van der Waals surface area contributed by atoms with E-state index in [1.807, 2.05) is 31.6 Å². The Morgan fingerprint density at radius 3 is 2.73 bits per heavy atom. The molecule has 0 spiro atoms. The van der Waals surface area contributed by atoms with Gasteiger partial charge >= 0.3 is 0 Å². The van der Waals surface area contributed by atoms with Crippen LogP contribution in [0.4, 0.5) is 4.39 Å². The van der Waals surface area contributed by atoms with E-state index in [9.17, 15) is 9.18 Å². The van der Waals surface area contributed by atoms with Crippen molar-refractivity contribution in [3.8, 4) is 0 Å². The van der Waals surface area contributed by atoms with Crippen LogP contribution in [0.15, 0.2) is 36.7 Å². The average Bonchev–Trinajstić information content (AvgIpc) is 3.35. The Labute approximate surface area is 152 Å². The van der Waals surface area contributed by atoms with Crippen molar-refractivity contribution < 1.29 is 13.9 Å². The van der Waals surface area contributed by atoms with E-state index >= 15 is 0 Å². The van der Waals surface area contributed by atoms with Gasteiger partial charge in [-0.25, -0.2) is 4.39 Å². The fourth-order valence-electron chi connectivity index (χ4n) is 4.01. The molecular formula is C20H24FN3O2. The van der Waals surface area contributed by atoms with Gasteiger partial charge in [-0.2, -0.15) is 5.10 Å². The molecule has 2 aliphatic rings. The van der Waals surface area contributed by atoms with Gasteiger partial charge in [0.2, 0.25) is 5.91 Å². The molecule has 1 aromatic carbocycles. The van der Waals surface area contributed by atoms with E-state index in [0.717, 1.165) is 30.4 Å². The van der Waals surface area contributed by atoms with Gasteiger partial charge in [0, 0.05) is 44.3 Å². The van der Waals surface area contributed by atoms with E-state index in [4.69, 9.17) is 4.74 Å². The van der Waals surface area contributed by atoms with Crippen LogP contribution in [0.2, 0.25) is 0 Å². The number of amides is 1. The number of benzene rings is 1. The van der Waals surface area contributed by atoms with Crippen LogP contribution in [0, 0.1) is 11.7 Å². The molecule has 1 aromatic heterocycles. The highest BCUT2D eigenvalue weighted by atomic mass is 19.1. The molecular weight excluding hydrogens is 333 g/mol. The summed E-state index contributed by atoms with van der Waals surface area (Å²) in [4.78, 5) is 12.6. The lowest BCUT2D eigenvalue weighted by Crippen LogP contribution is -2.45. The summed E-state index contributed by atoms with van der Waals surface area (Å²) >= 11 is 0. The molecule has 2 atom stereocenters.